The van der Waals surface area contributed by atoms with Crippen molar-refractivity contribution in [1.82, 2.24) is 0 Å². The van der Waals surface area contributed by atoms with Crippen LogP contribution in [0.5, 0.6) is 0 Å². The molecule has 1 heteroatoms. The molecule has 86 valence electrons. The van der Waals surface area contributed by atoms with Crippen molar-refractivity contribution in [2.45, 2.75) is 52.1 Å². The third kappa shape index (κ3) is 3.48. The first-order valence-electron chi connectivity index (χ1n) is 6.02. The van der Waals surface area contributed by atoms with Crippen LogP contribution in [0.4, 0.5) is 4.39 Å². The van der Waals surface area contributed by atoms with Gasteiger partial charge in [-0.25, -0.2) is 4.39 Å². The van der Waals surface area contributed by atoms with E-state index in [1.54, 1.807) is 6.92 Å². The molecule has 3 atom stereocenters. The van der Waals surface area contributed by atoms with Crippen molar-refractivity contribution in [1.29, 1.82) is 0 Å². The van der Waals surface area contributed by atoms with E-state index in [2.05, 4.69) is 20.1 Å². The summed E-state index contributed by atoms with van der Waals surface area (Å²) in [5.41, 5.74) is 2.48. The van der Waals surface area contributed by atoms with Gasteiger partial charge in [0.2, 0.25) is 0 Å². The molecule has 0 saturated heterocycles. The Morgan fingerprint density at radius 3 is 2.67 bits per heavy atom. The molecule has 1 aliphatic carbocycles. The van der Waals surface area contributed by atoms with Crippen molar-refractivity contribution in [2.24, 2.45) is 11.8 Å². The molecule has 0 aromatic carbocycles. The maximum Gasteiger partial charge on any atom is 0.101 e. The van der Waals surface area contributed by atoms with Crippen molar-refractivity contribution in [3.63, 3.8) is 0 Å². The maximum absolute atomic E-state index is 13.6. The van der Waals surface area contributed by atoms with Crippen LogP contribution >= 0.6 is 0 Å². The molecule has 0 amide bonds. The molecule has 15 heavy (non-hydrogen) atoms. The average molecular weight is 210 g/mol. The zero-order valence-electron chi connectivity index (χ0n) is 10.1. The molecule has 1 rings (SSSR count). The van der Waals surface area contributed by atoms with Crippen LogP contribution in [0.2, 0.25) is 0 Å². The molecule has 1 saturated carbocycles. The minimum absolute atomic E-state index is 0.164. The summed E-state index contributed by atoms with van der Waals surface area (Å²) in [5, 5.41) is 0. The van der Waals surface area contributed by atoms with Crippen molar-refractivity contribution in [2.75, 3.05) is 0 Å². The monoisotopic (exact) mass is 210 g/mol. The lowest BCUT2D eigenvalue weighted by atomic mass is 9.82. The molecule has 0 N–H and O–H groups in total. The molecule has 0 bridgehead atoms. The molecule has 1 fully saturated rings. The first-order valence-corrected chi connectivity index (χ1v) is 6.02. The van der Waals surface area contributed by atoms with E-state index in [9.17, 15) is 4.39 Å². The lowest BCUT2D eigenvalue weighted by molar-refractivity contribution is 0.180. The van der Waals surface area contributed by atoms with Gasteiger partial charge in [0.1, 0.15) is 6.17 Å². The summed E-state index contributed by atoms with van der Waals surface area (Å²) in [4.78, 5) is 0. The van der Waals surface area contributed by atoms with Crippen molar-refractivity contribution in [3.05, 3.63) is 24.3 Å². The molecule has 0 aromatic heterocycles. The van der Waals surface area contributed by atoms with Gasteiger partial charge in [-0.15, -0.1) is 0 Å². The van der Waals surface area contributed by atoms with Gasteiger partial charge in [0.15, 0.2) is 0 Å². The minimum Gasteiger partial charge on any atom is -0.247 e. The zero-order valence-corrected chi connectivity index (χ0v) is 10.1. The van der Waals surface area contributed by atoms with Gasteiger partial charge >= 0.3 is 0 Å². The second-order valence-electron chi connectivity index (χ2n) is 4.90. The second-order valence-corrected chi connectivity index (χ2v) is 4.90. The molecule has 0 nitrogen and oxygen atoms in total. The number of hydrogen-bond acceptors (Lipinski definition) is 0. The highest BCUT2D eigenvalue weighted by Crippen LogP contribution is 2.39. The number of halogens is 1. The quantitative estimate of drug-likeness (QED) is 0.578. The molecule has 0 spiro atoms. The van der Waals surface area contributed by atoms with E-state index >= 15 is 0 Å². The number of allylic oxidation sites excluding steroid dienone is 2. The van der Waals surface area contributed by atoms with Gasteiger partial charge in [-0.05, 0) is 50.9 Å². The Kier molecular flexibility index (Phi) is 4.56. The molecule has 0 aromatic rings. The fourth-order valence-electron chi connectivity index (χ4n) is 2.51. The highest BCUT2D eigenvalue weighted by molar-refractivity contribution is 5.06. The van der Waals surface area contributed by atoms with E-state index in [0.29, 0.717) is 5.92 Å². The van der Waals surface area contributed by atoms with Crippen molar-refractivity contribution in [3.8, 4) is 0 Å². The number of alkyl halides is 1. The lowest BCUT2D eigenvalue weighted by Gasteiger charge is -2.25. The summed E-state index contributed by atoms with van der Waals surface area (Å²) in [7, 11) is 0. The predicted octanol–water partition coefficient (Wildman–Crippen LogP) is 4.67. The van der Waals surface area contributed by atoms with E-state index < -0.39 is 6.17 Å². The van der Waals surface area contributed by atoms with Crippen molar-refractivity contribution < 1.29 is 4.39 Å². The van der Waals surface area contributed by atoms with Crippen LogP contribution in [0.25, 0.3) is 0 Å². The Bertz CT molecular complexity index is 240. The van der Waals surface area contributed by atoms with Gasteiger partial charge in [-0.2, -0.15) is 0 Å². The standard InChI is InChI=1S/C14H23F/c1-5-10(2)9-14(12(4)15)13-7-6-11(3)8-13/h12-14H,2-3,5-9H2,1,4H3. The summed E-state index contributed by atoms with van der Waals surface area (Å²) in [6.07, 6.45) is 4.34. The minimum atomic E-state index is -0.718. The Balaban J connectivity index is 2.57. The van der Waals surface area contributed by atoms with Gasteiger partial charge < -0.3 is 0 Å². The molecule has 0 aliphatic heterocycles. The van der Waals surface area contributed by atoms with Gasteiger partial charge in [0, 0.05) is 0 Å². The Morgan fingerprint density at radius 2 is 2.27 bits per heavy atom. The summed E-state index contributed by atoms with van der Waals surface area (Å²) in [6, 6.07) is 0. The SMILES string of the molecule is C=C1CCC(C(CC(=C)CC)C(C)F)C1. The van der Waals surface area contributed by atoms with E-state index in [0.717, 1.165) is 32.1 Å². The van der Waals surface area contributed by atoms with Crippen LogP contribution < -0.4 is 0 Å². The first-order chi connectivity index (χ1) is 7.04. The molecular weight excluding hydrogens is 187 g/mol. The Labute approximate surface area is 93.3 Å². The van der Waals surface area contributed by atoms with Gasteiger partial charge in [0.05, 0.1) is 0 Å². The van der Waals surface area contributed by atoms with E-state index in [-0.39, 0.29) is 5.92 Å². The molecule has 3 unspecified atom stereocenters. The smallest absolute Gasteiger partial charge is 0.101 e. The third-order valence-electron chi connectivity index (χ3n) is 3.64. The third-order valence-corrected chi connectivity index (χ3v) is 3.64. The number of hydrogen-bond donors (Lipinski definition) is 0. The van der Waals surface area contributed by atoms with Crippen molar-refractivity contribution >= 4 is 0 Å². The van der Waals surface area contributed by atoms with Gasteiger partial charge in [-0.3, -0.25) is 0 Å². The average Bonchev–Trinajstić information content (AvgIpc) is 2.60. The van der Waals surface area contributed by atoms with Crippen LogP contribution in [0.15, 0.2) is 24.3 Å². The highest BCUT2D eigenvalue weighted by atomic mass is 19.1. The lowest BCUT2D eigenvalue weighted by Crippen LogP contribution is -2.21. The topological polar surface area (TPSA) is 0 Å². The van der Waals surface area contributed by atoms with Crippen LogP contribution in [0.3, 0.4) is 0 Å². The van der Waals surface area contributed by atoms with E-state index in [1.807, 2.05) is 0 Å². The fourth-order valence-corrected chi connectivity index (χ4v) is 2.51. The predicted molar refractivity (Wildman–Crippen MR) is 64.6 cm³/mol. The largest absolute Gasteiger partial charge is 0.247 e. The van der Waals surface area contributed by atoms with E-state index in [1.165, 1.54) is 11.1 Å². The molecule has 0 heterocycles. The normalized spacial score (nSPS) is 25.3. The van der Waals surface area contributed by atoms with Crippen LogP contribution in [-0.4, -0.2) is 6.17 Å². The van der Waals surface area contributed by atoms with Crippen LogP contribution in [0.1, 0.15) is 46.0 Å². The van der Waals surface area contributed by atoms with Gasteiger partial charge in [0.25, 0.3) is 0 Å². The summed E-state index contributed by atoms with van der Waals surface area (Å²) in [6.45, 7) is 11.8. The van der Waals surface area contributed by atoms with E-state index in [4.69, 9.17) is 0 Å². The number of rotatable bonds is 5. The second kappa shape index (κ2) is 5.48. The molecule has 1 aliphatic rings. The summed E-state index contributed by atoms with van der Waals surface area (Å²) < 4.78 is 13.6. The Morgan fingerprint density at radius 1 is 1.60 bits per heavy atom. The van der Waals surface area contributed by atoms with Crippen LogP contribution in [-0.2, 0) is 0 Å². The maximum atomic E-state index is 13.6. The highest BCUT2D eigenvalue weighted by Gasteiger charge is 2.30. The molecular formula is C14H23F. The summed E-state index contributed by atoms with van der Waals surface area (Å²) >= 11 is 0. The summed E-state index contributed by atoms with van der Waals surface area (Å²) in [5.74, 6) is 0.664. The fraction of sp³-hybridized carbons (Fsp3) is 0.714. The van der Waals surface area contributed by atoms with Crippen LogP contribution in [0, 0.1) is 11.8 Å². The Hall–Kier alpha value is -0.590. The zero-order chi connectivity index (χ0) is 11.4. The first kappa shape index (κ1) is 12.5. The van der Waals surface area contributed by atoms with Gasteiger partial charge in [-0.1, -0.05) is 31.2 Å². The molecule has 0 radical (unpaired) electrons.